The molecule has 0 unspecified atom stereocenters. The van der Waals surface area contributed by atoms with E-state index in [9.17, 15) is 8.42 Å². The van der Waals surface area contributed by atoms with Gasteiger partial charge in [-0.15, -0.1) is 0 Å². The summed E-state index contributed by atoms with van der Waals surface area (Å²) < 4.78 is 27.0. The lowest BCUT2D eigenvalue weighted by Gasteiger charge is -2.07. The number of H-pyrrole nitrogens is 1. The van der Waals surface area contributed by atoms with Crippen molar-refractivity contribution < 1.29 is 8.42 Å². The van der Waals surface area contributed by atoms with E-state index in [4.69, 9.17) is 0 Å². The van der Waals surface area contributed by atoms with Gasteiger partial charge in [-0.25, -0.2) is 13.1 Å². The Balaban J connectivity index is 2.03. The Kier molecular flexibility index (Phi) is 5.11. The number of nitrogens with one attached hydrogen (secondary N) is 3. The van der Waals surface area contributed by atoms with Crippen molar-refractivity contribution in [3.8, 4) is 0 Å². The standard InChI is InChI=1S/C14H20N4O2S/c1-3-15-8-12-4-6-14(7-5-12)21(19,20)17-10-13-9-16-18-11(13)2/h4-7,9,15,17H,3,8,10H2,1-2H3,(H,16,18). The van der Waals surface area contributed by atoms with Gasteiger partial charge in [0, 0.05) is 24.3 Å². The third-order valence-corrected chi connectivity index (χ3v) is 4.62. The smallest absolute Gasteiger partial charge is 0.240 e. The Bertz CT molecular complexity index is 677. The molecule has 1 aromatic heterocycles. The first-order valence-corrected chi connectivity index (χ1v) is 8.29. The average Bonchev–Trinajstić information content (AvgIpc) is 2.89. The van der Waals surface area contributed by atoms with Crippen LogP contribution in [0.5, 0.6) is 0 Å². The van der Waals surface area contributed by atoms with E-state index in [0.717, 1.165) is 29.9 Å². The lowest BCUT2D eigenvalue weighted by atomic mass is 10.2. The fourth-order valence-corrected chi connectivity index (χ4v) is 2.87. The fraction of sp³-hybridized carbons (Fsp3) is 0.357. The highest BCUT2D eigenvalue weighted by Crippen LogP contribution is 2.12. The second-order valence-electron chi connectivity index (χ2n) is 4.77. The van der Waals surface area contributed by atoms with Gasteiger partial charge in [0.05, 0.1) is 11.1 Å². The van der Waals surface area contributed by atoms with Crippen molar-refractivity contribution in [2.24, 2.45) is 0 Å². The number of sulfonamides is 1. The number of hydrogen-bond acceptors (Lipinski definition) is 4. The first kappa shape index (κ1) is 15.7. The van der Waals surface area contributed by atoms with Crippen LogP contribution in [0.4, 0.5) is 0 Å². The summed E-state index contributed by atoms with van der Waals surface area (Å²) in [5.41, 5.74) is 2.75. The van der Waals surface area contributed by atoms with Gasteiger partial charge in [-0.1, -0.05) is 19.1 Å². The van der Waals surface area contributed by atoms with E-state index in [0.29, 0.717) is 0 Å². The van der Waals surface area contributed by atoms with E-state index < -0.39 is 10.0 Å². The van der Waals surface area contributed by atoms with Crippen molar-refractivity contribution >= 4 is 10.0 Å². The molecule has 21 heavy (non-hydrogen) atoms. The van der Waals surface area contributed by atoms with Crippen LogP contribution in [0.3, 0.4) is 0 Å². The monoisotopic (exact) mass is 308 g/mol. The molecule has 0 aliphatic carbocycles. The Morgan fingerprint density at radius 3 is 2.48 bits per heavy atom. The molecule has 0 radical (unpaired) electrons. The van der Waals surface area contributed by atoms with E-state index in [1.165, 1.54) is 0 Å². The molecule has 0 atom stereocenters. The first-order chi connectivity index (χ1) is 10.0. The van der Waals surface area contributed by atoms with E-state index in [-0.39, 0.29) is 11.4 Å². The molecule has 0 saturated heterocycles. The highest BCUT2D eigenvalue weighted by Gasteiger charge is 2.14. The fourth-order valence-electron chi connectivity index (χ4n) is 1.87. The van der Waals surface area contributed by atoms with Crippen LogP contribution in [0.15, 0.2) is 35.4 Å². The zero-order chi connectivity index (χ0) is 15.3. The van der Waals surface area contributed by atoms with Gasteiger partial charge in [-0.05, 0) is 31.2 Å². The molecule has 0 amide bonds. The lowest BCUT2D eigenvalue weighted by Crippen LogP contribution is -2.23. The number of aryl methyl sites for hydroxylation is 1. The first-order valence-electron chi connectivity index (χ1n) is 6.81. The SMILES string of the molecule is CCNCc1ccc(S(=O)(=O)NCc2cn[nH]c2C)cc1. The highest BCUT2D eigenvalue weighted by molar-refractivity contribution is 7.89. The number of aromatic amines is 1. The molecule has 2 rings (SSSR count). The minimum Gasteiger partial charge on any atom is -0.313 e. The van der Waals surface area contributed by atoms with E-state index in [2.05, 4.69) is 20.2 Å². The summed E-state index contributed by atoms with van der Waals surface area (Å²) in [6.45, 7) is 5.72. The second-order valence-corrected chi connectivity index (χ2v) is 6.54. The Labute approximate surface area is 125 Å². The van der Waals surface area contributed by atoms with Crippen molar-refractivity contribution in [3.05, 3.63) is 47.3 Å². The van der Waals surface area contributed by atoms with Crippen molar-refractivity contribution in [3.63, 3.8) is 0 Å². The highest BCUT2D eigenvalue weighted by atomic mass is 32.2. The maximum atomic E-state index is 12.2. The number of benzene rings is 1. The zero-order valence-corrected chi connectivity index (χ0v) is 13.0. The lowest BCUT2D eigenvalue weighted by molar-refractivity contribution is 0.581. The number of aromatic nitrogens is 2. The molecular formula is C14H20N4O2S. The van der Waals surface area contributed by atoms with Gasteiger partial charge in [-0.3, -0.25) is 5.10 Å². The third-order valence-electron chi connectivity index (χ3n) is 3.20. The second kappa shape index (κ2) is 6.84. The summed E-state index contributed by atoms with van der Waals surface area (Å²) in [5.74, 6) is 0. The van der Waals surface area contributed by atoms with E-state index in [1.54, 1.807) is 18.3 Å². The molecule has 1 heterocycles. The molecule has 0 saturated carbocycles. The molecule has 0 aliphatic rings. The summed E-state index contributed by atoms with van der Waals surface area (Å²) in [7, 11) is -3.50. The van der Waals surface area contributed by atoms with E-state index >= 15 is 0 Å². The Morgan fingerprint density at radius 1 is 1.19 bits per heavy atom. The van der Waals surface area contributed by atoms with Crippen molar-refractivity contribution in [2.45, 2.75) is 31.8 Å². The molecule has 114 valence electrons. The molecule has 3 N–H and O–H groups in total. The molecule has 0 bridgehead atoms. The van der Waals surface area contributed by atoms with Gasteiger partial charge < -0.3 is 5.32 Å². The normalized spacial score (nSPS) is 11.7. The minimum absolute atomic E-state index is 0.226. The molecule has 2 aromatic rings. The molecule has 0 aliphatic heterocycles. The largest absolute Gasteiger partial charge is 0.313 e. The molecule has 0 spiro atoms. The van der Waals surface area contributed by atoms with Crippen LogP contribution in [0.25, 0.3) is 0 Å². The summed E-state index contributed by atoms with van der Waals surface area (Å²) in [4.78, 5) is 0.267. The van der Waals surface area contributed by atoms with Crippen molar-refractivity contribution in [1.29, 1.82) is 0 Å². The zero-order valence-electron chi connectivity index (χ0n) is 12.2. The number of rotatable bonds is 7. The maximum Gasteiger partial charge on any atom is 0.240 e. The van der Waals surface area contributed by atoms with Crippen LogP contribution in [0.2, 0.25) is 0 Å². The van der Waals surface area contributed by atoms with Crippen LogP contribution >= 0.6 is 0 Å². The number of hydrogen-bond donors (Lipinski definition) is 3. The molecular weight excluding hydrogens is 288 g/mol. The Morgan fingerprint density at radius 2 is 1.90 bits per heavy atom. The van der Waals surface area contributed by atoms with E-state index in [1.807, 2.05) is 26.0 Å². The van der Waals surface area contributed by atoms with Gasteiger partial charge in [0.15, 0.2) is 0 Å². The summed E-state index contributed by atoms with van der Waals surface area (Å²) in [5, 5.41) is 9.85. The molecule has 1 aromatic carbocycles. The van der Waals surface area contributed by atoms with Crippen molar-refractivity contribution in [1.82, 2.24) is 20.2 Å². The van der Waals surface area contributed by atoms with Crippen LogP contribution in [0, 0.1) is 6.92 Å². The summed E-state index contributed by atoms with van der Waals surface area (Å²) in [6, 6.07) is 6.88. The van der Waals surface area contributed by atoms with Crippen molar-refractivity contribution in [2.75, 3.05) is 6.54 Å². The molecule has 0 fully saturated rings. The summed E-state index contributed by atoms with van der Waals surface area (Å²) >= 11 is 0. The average molecular weight is 308 g/mol. The van der Waals surface area contributed by atoms with Gasteiger partial charge >= 0.3 is 0 Å². The third kappa shape index (κ3) is 4.13. The van der Waals surface area contributed by atoms with Gasteiger partial charge in [0.2, 0.25) is 10.0 Å². The van der Waals surface area contributed by atoms with Gasteiger partial charge in [-0.2, -0.15) is 5.10 Å². The quantitative estimate of drug-likeness (QED) is 0.719. The minimum atomic E-state index is -3.50. The maximum absolute atomic E-state index is 12.2. The predicted molar refractivity (Wildman–Crippen MR) is 81.2 cm³/mol. The van der Waals surface area contributed by atoms with Crippen LogP contribution in [-0.2, 0) is 23.1 Å². The van der Waals surface area contributed by atoms with Gasteiger partial charge in [0.25, 0.3) is 0 Å². The summed E-state index contributed by atoms with van der Waals surface area (Å²) in [6.07, 6.45) is 1.62. The van der Waals surface area contributed by atoms with Crippen LogP contribution < -0.4 is 10.0 Å². The van der Waals surface area contributed by atoms with Crippen LogP contribution in [-0.4, -0.2) is 25.2 Å². The molecule has 6 nitrogen and oxygen atoms in total. The van der Waals surface area contributed by atoms with Crippen LogP contribution in [0.1, 0.15) is 23.7 Å². The molecule has 7 heteroatoms. The number of nitrogens with zero attached hydrogens (tertiary/aromatic N) is 1. The van der Waals surface area contributed by atoms with Gasteiger partial charge in [0.1, 0.15) is 0 Å². The predicted octanol–water partition coefficient (Wildman–Crippen LogP) is 1.31. The topological polar surface area (TPSA) is 86.9 Å². The Hall–Kier alpha value is -1.70.